The van der Waals surface area contributed by atoms with Crippen molar-refractivity contribution in [2.75, 3.05) is 12.4 Å². The SMILES string of the molecule is COc1cccc([C@@H]2Nc3c(C)ccc(C(=O)O)c3[C@H]3C=CC[C@H]32)c1. The highest BCUT2D eigenvalue weighted by Crippen LogP contribution is 2.51. The first-order valence-corrected chi connectivity index (χ1v) is 8.54. The van der Waals surface area contributed by atoms with Crippen molar-refractivity contribution in [1.29, 1.82) is 0 Å². The van der Waals surface area contributed by atoms with Crippen molar-refractivity contribution >= 4 is 11.7 Å². The van der Waals surface area contributed by atoms with Gasteiger partial charge in [-0.25, -0.2) is 4.79 Å². The van der Waals surface area contributed by atoms with Gasteiger partial charge in [-0.2, -0.15) is 0 Å². The molecule has 2 N–H and O–H groups in total. The molecule has 0 saturated heterocycles. The van der Waals surface area contributed by atoms with Crippen LogP contribution in [-0.4, -0.2) is 18.2 Å². The summed E-state index contributed by atoms with van der Waals surface area (Å²) in [5.74, 6) is 0.401. The maximum Gasteiger partial charge on any atom is 0.336 e. The number of anilines is 1. The van der Waals surface area contributed by atoms with E-state index >= 15 is 0 Å². The summed E-state index contributed by atoms with van der Waals surface area (Å²) in [5.41, 5.74) is 4.53. The second-order valence-corrected chi connectivity index (χ2v) is 6.78. The molecular weight excluding hydrogens is 314 g/mol. The van der Waals surface area contributed by atoms with E-state index in [4.69, 9.17) is 4.74 Å². The summed E-state index contributed by atoms with van der Waals surface area (Å²) in [5, 5.41) is 13.3. The average molecular weight is 335 g/mol. The largest absolute Gasteiger partial charge is 0.497 e. The van der Waals surface area contributed by atoms with Crippen molar-refractivity contribution in [3.05, 3.63) is 70.8 Å². The molecule has 2 aliphatic rings. The fourth-order valence-corrected chi connectivity index (χ4v) is 4.21. The molecule has 1 aliphatic carbocycles. The van der Waals surface area contributed by atoms with Gasteiger partial charge in [0, 0.05) is 11.6 Å². The van der Waals surface area contributed by atoms with Crippen LogP contribution in [0, 0.1) is 12.8 Å². The number of benzene rings is 2. The molecule has 0 fully saturated rings. The minimum atomic E-state index is -0.864. The van der Waals surface area contributed by atoms with Crippen LogP contribution in [0.3, 0.4) is 0 Å². The molecule has 25 heavy (non-hydrogen) atoms. The topological polar surface area (TPSA) is 58.6 Å². The molecule has 0 aromatic heterocycles. The molecule has 3 atom stereocenters. The molecule has 0 saturated carbocycles. The number of hydrogen-bond acceptors (Lipinski definition) is 3. The molecule has 1 heterocycles. The summed E-state index contributed by atoms with van der Waals surface area (Å²) in [7, 11) is 1.67. The summed E-state index contributed by atoms with van der Waals surface area (Å²) in [6.45, 7) is 2.03. The molecule has 2 aromatic rings. The number of nitrogens with one attached hydrogen (secondary N) is 1. The van der Waals surface area contributed by atoms with Crippen LogP contribution >= 0.6 is 0 Å². The van der Waals surface area contributed by atoms with Gasteiger partial charge in [0.2, 0.25) is 0 Å². The Labute approximate surface area is 147 Å². The third-order valence-electron chi connectivity index (χ3n) is 5.41. The van der Waals surface area contributed by atoms with Crippen molar-refractivity contribution < 1.29 is 14.6 Å². The van der Waals surface area contributed by atoms with Crippen LogP contribution in [0.25, 0.3) is 0 Å². The lowest BCUT2D eigenvalue weighted by atomic mass is 9.74. The lowest BCUT2D eigenvalue weighted by molar-refractivity contribution is 0.0695. The Bertz CT molecular complexity index is 871. The number of carbonyl (C=O) groups is 1. The van der Waals surface area contributed by atoms with E-state index in [1.807, 2.05) is 25.1 Å². The number of hydrogen-bond donors (Lipinski definition) is 2. The predicted octanol–water partition coefficient (Wildman–Crippen LogP) is 4.53. The number of carboxylic acids is 1. The number of methoxy groups -OCH3 is 1. The summed E-state index contributed by atoms with van der Waals surface area (Å²) in [6, 6.07) is 11.9. The minimum Gasteiger partial charge on any atom is -0.497 e. The monoisotopic (exact) mass is 335 g/mol. The third-order valence-corrected chi connectivity index (χ3v) is 5.41. The van der Waals surface area contributed by atoms with Crippen LogP contribution in [0.1, 0.15) is 45.4 Å². The van der Waals surface area contributed by atoms with Crippen LogP contribution in [0.5, 0.6) is 5.75 Å². The normalized spacial score (nSPS) is 23.5. The number of aryl methyl sites for hydroxylation is 1. The maximum atomic E-state index is 11.7. The van der Waals surface area contributed by atoms with E-state index in [-0.39, 0.29) is 12.0 Å². The Morgan fingerprint density at radius 1 is 1.28 bits per heavy atom. The van der Waals surface area contributed by atoms with Gasteiger partial charge in [-0.15, -0.1) is 0 Å². The van der Waals surface area contributed by atoms with Crippen LogP contribution in [0.2, 0.25) is 0 Å². The number of rotatable bonds is 3. The Kier molecular flexibility index (Phi) is 3.75. The fraction of sp³-hybridized carbons (Fsp3) is 0.286. The molecule has 0 amide bonds. The molecule has 1 aliphatic heterocycles. The summed E-state index contributed by atoms with van der Waals surface area (Å²) in [6.07, 6.45) is 5.28. The van der Waals surface area contributed by atoms with E-state index in [2.05, 4.69) is 29.6 Å². The molecular formula is C21H21NO3. The van der Waals surface area contributed by atoms with Crippen molar-refractivity contribution in [2.45, 2.75) is 25.3 Å². The standard InChI is InChI=1S/C21H21NO3/c1-12-9-10-17(21(23)24)18-15-7-4-8-16(15)20(22-19(12)18)13-5-3-6-14(11-13)25-2/h3-7,9-11,15-16,20,22H,8H2,1-2H3,(H,23,24)/t15-,16+,20-/m0/s1. The first-order chi connectivity index (χ1) is 12.1. The smallest absolute Gasteiger partial charge is 0.336 e. The summed E-state index contributed by atoms with van der Waals surface area (Å²) >= 11 is 0. The van der Waals surface area contributed by atoms with Gasteiger partial charge in [0.25, 0.3) is 0 Å². The van der Waals surface area contributed by atoms with Crippen molar-refractivity contribution in [2.24, 2.45) is 5.92 Å². The highest BCUT2D eigenvalue weighted by Gasteiger charge is 2.40. The molecule has 4 rings (SSSR count). The van der Waals surface area contributed by atoms with Crippen molar-refractivity contribution in [3.8, 4) is 5.75 Å². The highest BCUT2D eigenvalue weighted by molar-refractivity contribution is 5.93. The van der Waals surface area contributed by atoms with Crippen LogP contribution in [0.4, 0.5) is 5.69 Å². The quantitative estimate of drug-likeness (QED) is 0.809. The van der Waals surface area contributed by atoms with Gasteiger partial charge in [0.05, 0.1) is 18.7 Å². The Morgan fingerprint density at radius 3 is 2.88 bits per heavy atom. The average Bonchev–Trinajstić information content (AvgIpc) is 3.11. The minimum absolute atomic E-state index is 0.124. The predicted molar refractivity (Wildman–Crippen MR) is 97.5 cm³/mol. The zero-order chi connectivity index (χ0) is 17.6. The molecule has 4 nitrogen and oxygen atoms in total. The Hall–Kier alpha value is -2.75. The number of ether oxygens (including phenoxy) is 1. The molecule has 0 unspecified atom stereocenters. The lowest BCUT2D eigenvalue weighted by Crippen LogP contribution is -2.31. The highest BCUT2D eigenvalue weighted by atomic mass is 16.5. The first-order valence-electron chi connectivity index (χ1n) is 8.54. The van der Waals surface area contributed by atoms with E-state index in [9.17, 15) is 9.90 Å². The van der Waals surface area contributed by atoms with Crippen molar-refractivity contribution in [3.63, 3.8) is 0 Å². The zero-order valence-corrected chi connectivity index (χ0v) is 14.3. The third kappa shape index (κ3) is 2.49. The van der Waals surface area contributed by atoms with E-state index in [1.165, 1.54) is 5.56 Å². The number of allylic oxidation sites excluding steroid dienone is 2. The number of carboxylic acid groups (broad SMARTS) is 1. The second kappa shape index (κ2) is 5.96. The van der Waals surface area contributed by atoms with Crippen molar-refractivity contribution in [1.82, 2.24) is 0 Å². The molecule has 128 valence electrons. The van der Waals surface area contributed by atoms with Gasteiger partial charge in [-0.3, -0.25) is 0 Å². The second-order valence-electron chi connectivity index (χ2n) is 6.78. The Balaban J connectivity index is 1.85. The summed E-state index contributed by atoms with van der Waals surface area (Å²) in [4.78, 5) is 11.7. The number of fused-ring (bicyclic) bond motifs is 3. The van der Waals surface area contributed by atoms with Gasteiger partial charge < -0.3 is 15.2 Å². The van der Waals surface area contributed by atoms with E-state index in [0.717, 1.165) is 29.0 Å². The fourth-order valence-electron chi connectivity index (χ4n) is 4.21. The number of aromatic carboxylic acids is 1. The molecule has 4 heteroatoms. The molecule has 0 spiro atoms. The Morgan fingerprint density at radius 2 is 2.12 bits per heavy atom. The zero-order valence-electron chi connectivity index (χ0n) is 14.3. The van der Waals surface area contributed by atoms with Gasteiger partial charge in [0.1, 0.15) is 5.75 Å². The van der Waals surface area contributed by atoms with Gasteiger partial charge in [-0.1, -0.05) is 30.4 Å². The van der Waals surface area contributed by atoms with E-state index in [1.54, 1.807) is 13.2 Å². The summed E-state index contributed by atoms with van der Waals surface area (Å²) < 4.78 is 5.38. The lowest BCUT2D eigenvalue weighted by Gasteiger charge is -2.39. The van der Waals surface area contributed by atoms with Crippen LogP contribution < -0.4 is 10.1 Å². The molecule has 0 bridgehead atoms. The van der Waals surface area contributed by atoms with Crippen LogP contribution in [0.15, 0.2) is 48.6 Å². The van der Waals surface area contributed by atoms with E-state index in [0.29, 0.717) is 11.5 Å². The van der Waals surface area contributed by atoms with Gasteiger partial charge >= 0.3 is 5.97 Å². The maximum absolute atomic E-state index is 11.7. The van der Waals surface area contributed by atoms with Gasteiger partial charge in [-0.05, 0) is 54.2 Å². The van der Waals surface area contributed by atoms with Gasteiger partial charge in [0.15, 0.2) is 0 Å². The van der Waals surface area contributed by atoms with Crippen LogP contribution in [-0.2, 0) is 0 Å². The van der Waals surface area contributed by atoms with E-state index < -0.39 is 5.97 Å². The first kappa shape index (κ1) is 15.8. The molecule has 2 aromatic carbocycles. The molecule has 0 radical (unpaired) electrons.